The maximum atomic E-state index is 12.4. The number of carbonyl (C=O) groups excluding carboxylic acids is 2. The quantitative estimate of drug-likeness (QED) is 0.582. The van der Waals surface area contributed by atoms with Gasteiger partial charge >= 0.3 is 0 Å². The molecule has 0 spiro atoms. The van der Waals surface area contributed by atoms with Gasteiger partial charge in [-0.1, -0.05) is 41.4 Å². The second kappa shape index (κ2) is 8.25. The zero-order chi connectivity index (χ0) is 19.4. The highest BCUT2D eigenvalue weighted by atomic mass is 35.5. The van der Waals surface area contributed by atoms with E-state index >= 15 is 0 Å². The Kier molecular flexibility index (Phi) is 5.79. The van der Waals surface area contributed by atoms with Crippen molar-refractivity contribution in [1.82, 2.24) is 0 Å². The number of rotatable bonds is 4. The Hall–Kier alpha value is -2.82. The highest BCUT2D eigenvalue weighted by Crippen LogP contribution is 2.24. The summed E-state index contributed by atoms with van der Waals surface area (Å²) in [5.74, 6) is -0.552. The molecule has 0 saturated carbocycles. The highest BCUT2D eigenvalue weighted by Gasteiger charge is 2.13. The molecule has 0 bridgehead atoms. The maximum absolute atomic E-state index is 12.4. The Morgan fingerprint density at radius 3 is 2.26 bits per heavy atom. The van der Waals surface area contributed by atoms with Crippen molar-refractivity contribution in [2.75, 3.05) is 10.6 Å². The first kappa shape index (κ1) is 19.0. The fourth-order valence-electron chi connectivity index (χ4n) is 2.54. The summed E-state index contributed by atoms with van der Waals surface area (Å²) in [4.78, 5) is 24.7. The van der Waals surface area contributed by atoms with Crippen molar-refractivity contribution in [2.24, 2.45) is 0 Å². The minimum Gasteiger partial charge on any atom is -0.322 e. The first-order valence-electron chi connectivity index (χ1n) is 8.17. The van der Waals surface area contributed by atoms with Gasteiger partial charge in [0, 0.05) is 22.0 Å². The first-order valence-corrected chi connectivity index (χ1v) is 8.93. The molecule has 136 valence electrons. The van der Waals surface area contributed by atoms with E-state index in [1.54, 1.807) is 54.6 Å². The third kappa shape index (κ3) is 4.67. The number of hydrogen-bond donors (Lipinski definition) is 2. The zero-order valence-corrected chi connectivity index (χ0v) is 15.9. The number of aryl methyl sites for hydroxylation is 1. The lowest BCUT2D eigenvalue weighted by molar-refractivity contribution is 0.101. The van der Waals surface area contributed by atoms with Gasteiger partial charge in [-0.3, -0.25) is 9.59 Å². The van der Waals surface area contributed by atoms with Crippen LogP contribution in [0.5, 0.6) is 0 Å². The second-order valence-corrected chi connectivity index (χ2v) is 6.77. The summed E-state index contributed by atoms with van der Waals surface area (Å²) in [6.45, 7) is 1.85. The number of nitrogens with one attached hydrogen (secondary N) is 2. The molecule has 0 aliphatic carbocycles. The fourth-order valence-corrected chi connectivity index (χ4v) is 2.91. The Labute approximate surface area is 167 Å². The molecule has 3 aromatic carbocycles. The molecular formula is C21H16Cl2N2O2. The number of anilines is 2. The van der Waals surface area contributed by atoms with Crippen LogP contribution in [0.1, 0.15) is 26.3 Å². The molecule has 2 N–H and O–H groups in total. The van der Waals surface area contributed by atoms with Crippen LogP contribution in [0.15, 0.2) is 66.7 Å². The second-order valence-electron chi connectivity index (χ2n) is 5.93. The molecule has 6 heteroatoms. The van der Waals surface area contributed by atoms with Gasteiger partial charge in [-0.05, 0) is 61.0 Å². The molecule has 0 fully saturated rings. The van der Waals surface area contributed by atoms with Gasteiger partial charge in [-0.15, -0.1) is 0 Å². The molecule has 0 radical (unpaired) electrons. The van der Waals surface area contributed by atoms with Gasteiger partial charge in [0.15, 0.2) is 0 Å². The van der Waals surface area contributed by atoms with Crippen molar-refractivity contribution in [3.8, 4) is 0 Å². The minimum absolute atomic E-state index is 0.193. The van der Waals surface area contributed by atoms with E-state index in [0.717, 1.165) is 5.56 Å². The van der Waals surface area contributed by atoms with E-state index in [1.165, 1.54) is 6.07 Å². The zero-order valence-electron chi connectivity index (χ0n) is 14.4. The standard InChI is InChI=1S/C21H16Cl2N2O2/c1-13-11-16(24-21(27)17-12-15(22)7-9-18(17)23)8-10-19(13)25-20(26)14-5-3-2-4-6-14/h2-12H,1H3,(H,24,27)(H,25,26). The summed E-state index contributed by atoms with van der Waals surface area (Å²) >= 11 is 12.0. The molecule has 0 heterocycles. The van der Waals surface area contributed by atoms with E-state index in [4.69, 9.17) is 23.2 Å². The Balaban J connectivity index is 1.74. The van der Waals surface area contributed by atoms with Gasteiger partial charge in [0.1, 0.15) is 0 Å². The van der Waals surface area contributed by atoms with Crippen LogP contribution in [0, 0.1) is 6.92 Å². The fraction of sp³-hybridized carbons (Fsp3) is 0.0476. The number of benzene rings is 3. The van der Waals surface area contributed by atoms with Crippen LogP contribution in [0.3, 0.4) is 0 Å². The molecule has 2 amide bonds. The summed E-state index contributed by atoms with van der Waals surface area (Å²) in [5.41, 5.74) is 2.94. The summed E-state index contributed by atoms with van der Waals surface area (Å²) in [7, 11) is 0. The van der Waals surface area contributed by atoms with E-state index in [2.05, 4.69) is 10.6 Å². The molecule has 0 unspecified atom stereocenters. The van der Waals surface area contributed by atoms with Crippen LogP contribution < -0.4 is 10.6 Å². The van der Waals surface area contributed by atoms with Crippen molar-refractivity contribution in [2.45, 2.75) is 6.92 Å². The topological polar surface area (TPSA) is 58.2 Å². The Morgan fingerprint density at radius 2 is 1.56 bits per heavy atom. The van der Waals surface area contributed by atoms with Crippen LogP contribution in [0.25, 0.3) is 0 Å². The summed E-state index contributed by atoms with van der Waals surface area (Å²) in [5, 5.41) is 6.40. The van der Waals surface area contributed by atoms with Crippen molar-refractivity contribution < 1.29 is 9.59 Å². The van der Waals surface area contributed by atoms with Crippen molar-refractivity contribution in [3.63, 3.8) is 0 Å². The normalized spacial score (nSPS) is 10.3. The van der Waals surface area contributed by atoms with Gasteiger partial charge in [0.05, 0.1) is 10.6 Å². The van der Waals surface area contributed by atoms with Gasteiger partial charge < -0.3 is 10.6 Å². The third-order valence-electron chi connectivity index (χ3n) is 3.94. The smallest absolute Gasteiger partial charge is 0.257 e. The van der Waals surface area contributed by atoms with Crippen LogP contribution in [-0.2, 0) is 0 Å². The van der Waals surface area contributed by atoms with E-state index in [9.17, 15) is 9.59 Å². The average molecular weight is 399 g/mol. The van der Waals surface area contributed by atoms with E-state index in [-0.39, 0.29) is 11.8 Å². The van der Waals surface area contributed by atoms with Gasteiger partial charge in [0.2, 0.25) is 0 Å². The predicted molar refractivity (Wildman–Crippen MR) is 110 cm³/mol. The maximum Gasteiger partial charge on any atom is 0.257 e. The first-order chi connectivity index (χ1) is 12.9. The molecule has 3 rings (SSSR count). The SMILES string of the molecule is Cc1cc(NC(=O)c2cc(Cl)ccc2Cl)ccc1NC(=O)c1ccccc1. The molecule has 0 aliphatic rings. The van der Waals surface area contributed by atoms with E-state index < -0.39 is 0 Å². The minimum atomic E-state index is -0.358. The Morgan fingerprint density at radius 1 is 0.815 bits per heavy atom. The number of amides is 2. The summed E-state index contributed by atoms with van der Waals surface area (Å²) < 4.78 is 0. The molecule has 27 heavy (non-hydrogen) atoms. The van der Waals surface area contributed by atoms with E-state index in [0.29, 0.717) is 32.5 Å². The Bertz CT molecular complexity index is 1000. The molecule has 0 atom stereocenters. The number of hydrogen-bond acceptors (Lipinski definition) is 2. The molecule has 0 aliphatic heterocycles. The van der Waals surface area contributed by atoms with Crippen molar-refractivity contribution in [3.05, 3.63) is 93.5 Å². The lowest BCUT2D eigenvalue weighted by Gasteiger charge is -2.12. The van der Waals surface area contributed by atoms with Crippen LogP contribution >= 0.6 is 23.2 Å². The molecular weight excluding hydrogens is 383 g/mol. The predicted octanol–water partition coefficient (Wildman–Crippen LogP) is 5.81. The third-order valence-corrected chi connectivity index (χ3v) is 4.51. The van der Waals surface area contributed by atoms with Crippen LogP contribution in [0.2, 0.25) is 10.0 Å². The largest absolute Gasteiger partial charge is 0.322 e. The summed E-state index contributed by atoms with van der Waals surface area (Å²) in [6.07, 6.45) is 0. The van der Waals surface area contributed by atoms with Crippen molar-refractivity contribution >= 4 is 46.4 Å². The lowest BCUT2D eigenvalue weighted by Crippen LogP contribution is -2.14. The molecule has 3 aromatic rings. The molecule has 0 saturated heterocycles. The average Bonchev–Trinajstić information content (AvgIpc) is 2.66. The van der Waals surface area contributed by atoms with Gasteiger partial charge in [0.25, 0.3) is 11.8 Å². The summed E-state index contributed by atoms with van der Waals surface area (Å²) in [6, 6.07) is 18.9. The van der Waals surface area contributed by atoms with Gasteiger partial charge in [-0.25, -0.2) is 0 Å². The van der Waals surface area contributed by atoms with Gasteiger partial charge in [-0.2, -0.15) is 0 Å². The lowest BCUT2D eigenvalue weighted by atomic mass is 10.1. The number of carbonyl (C=O) groups is 2. The monoisotopic (exact) mass is 398 g/mol. The van der Waals surface area contributed by atoms with E-state index in [1.807, 2.05) is 13.0 Å². The highest BCUT2D eigenvalue weighted by molar-refractivity contribution is 6.36. The van der Waals surface area contributed by atoms with Crippen LogP contribution in [0.4, 0.5) is 11.4 Å². The van der Waals surface area contributed by atoms with Crippen LogP contribution in [-0.4, -0.2) is 11.8 Å². The number of halogens is 2. The van der Waals surface area contributed by atoms with Crippen molar-refractivity contribution in [1.29, 1.82) is 0 Å². The molecule has 0 aromatic heterocycles. The molecule has 4 nitrogen and oxygen atoms in total.